The van der Waals surface area contributed by atoms with Crippen molar-refractivity contribution in [3.63, 3.8) is 0 Å². The second kappa shape index (κ2) is 4.17. The molecule has 0 unspecified atom stereocenters. The van der Waals surface area contributed by atoms with Crippen LogP contribution in [-0.4, -0.2) is 31.2 Å². The molecule has 0 radical (unpaired) electrons. The van der Waals surface area contributed by atoms with Gasteiger partial charge in [0.15, 0.2) is 5.69 Å². The third-order valence-corrected chi connectivity index (χ3v) is 3.44. The van der Waals surface area contributed by atoms with Crippen molar-refractivity contribution in [1.82, 2.24) is 20.2 Å². The highest BCUT2D eigenvalue weighted by Gasteiger charge is 2.18. The zero-order valence-corrected chi connectivity index (χ0v) is 10.8. The zero-order valence-electron chi connectivity index (χ0n) is 10.8. The van der Waals surface area contributed by atoms with Gasteiger partial charge in [-0.2, -0.15) is 5.10 Å². The Bertz CT molecular complexity index is 951. The van der Waals surface area contributed by atoms with Gasteiger partial charge in [0.05, 0.1) is 16.6 Å². The summed E-state index contributed by atoms with van der Waals surface area (Å²) in [6.45, 7) is 0. The van der Waals surface area contributed by atoms with Crippen molar-refractivity contribution in [3.8, 4) is 11.4 Å². The predicted molar refractivity (Wildman–Crippen MR) is 78.1 cm³/mol. The molecule has 6 heteroatoms. The van der Waals surface area contributed by atoms with Crippen molar-refractivity contribution in [1.29, 1.82) is 0 Å². The highest BCUT2D eigenvalue weighted by molar-refractivity contribution is 6.07. The standard InChI is InChI=1S/C15H10N4O2/c20-15(21)13-12-8(4-3-7-11(12)18-19-13)14-16-9-5-1-2-6-10(9)17-14/h1-7H,(H,16,17)(H,18,19)(H,20,21). The van der Waals surface area contributed by atoms with E-state index in [-0.39, 0.29) is 5.69 Å². The van der Waals surface area contributed by atoms with Gasteiger partial charge in [-0.05, 0) is 18.2 Å². The summed E-state index contributed by atoms with van der Waals surface area (Å²) in [6.07, 6.45) is 0. The SMILES string of the molecule is O=C(O)c1n[nH]c2cccc(-c3nc4ccccc4[nH]3)c12. The van der Waals surface area contributed by atoms with Crippen LogP contribution in [0.5, 0.6) is 0 Å². The van der Waals surface area contributed by atoms with E-state index >= 15 is 0 Å². The maximum atomic E-state index is 11.3. The van der Waals surface area contributed by atoms with E-state index in [1.807, 2.05) is 36.4 Å². The summed E-state index contributed by atoms with van der Waals surface area (Å²) in [6, 6.07) is 13.1. The van der Waals surface area contributed by atoms with Crippen molar-refractivity contribution < 1.29 is 9.90 Å². The van der Waals surface area contributed by atoms with Gasteiger partial charge in [0.1, 0.15) is 5.82 Å². The molecule has 21 heavy (non-hydrogen) atoms. The summed E-state index contributed by atoms with van der Waals surface area (Å²) < 4.78 is 0. The Morgan fingerprint density at radius 3 is 2.67 bits per heavy atom. The number of benzene rings is 2. The Morgan fingerprint density at radius 1 is 1.05 bits per heavy atom. The van der Waals surface area contributed by atoms with Crippen molar-refractivity contribution in [3.05, 3.63) is 48.2 Å². The van der Waals surface area contributed by atoms with Crippen molar-refractivity contribution in [2.75, 3.05) is 0 Å². The van der Waals surface area contributed by atoms with Crippen molar-refractivity contribution in [2.24, 2.45) is 0 Å². The van der Waals surface area contributed by atoms with Crippen molar-refractivity contribution >= 4 is 27.9 Å². The van der Waals surface area contributed by atoms with Gasteiger partial charge < -0.3 is 10.1 Å². The maximum Gasteiger partial charge on any atom is 0.357 e. The number of rotatable bonds is 2. The minimum absolute atomic E-state index is 0.000978. The van der Waals surface area contributed by atoms with E-state index in [0.717, 1.165) is 16.6 Å². The van der Waals surface area contributed by atoms with E-state index in [1.54, 1.807) is 6.07 Å². The fourth-order valence-electron chi connectivity index (χ4n) is 2.51. The lowest BCUT2D eigenvalue weighted by Gasteiger charge is -1.99. The van der Waals surface area contributed by atoms with Crippen LogP contribution in [0.1, 0.15) is 10.5 Å². The summed E-state index contributed by atoms with van der Waals surface area (Å²) in [5.74, 6) is -0.435. The van der Waals surface area contributed by atoms with E-state index < -0.39 is 5.97 Å². The molecule has 0 bridgehead atoms. The van der Waals surface area contributed by atoms with Gasteiger partial charge in [0.25, 0.3) is 0 Å². The van der Waals surface area contributed by atoms with Gasteiger partial charge >= 0.3 is 5.97 Å². The summed E-state index contributed by atoms with van der Waals surface area (Å²) in [5, 5.41) is 16.4. The first-order chi connectivity index (χ1) is 10.2. The fourth-order valence-corrected chi connectivity index (χ4v) is 2.51. The normalized spacial score (nSPS) is 11.2. The van der Waals surface area contributed by atoms with Gasteiger partial charge in [-0.15, -0.1) is 0 Å². The number of aromatic nitrogens is 4. The molecule has 0 aliphatic heterocycles. The largest absolute Gasteiger partial charge is 0.476 e. The molecule has 2 aromatic heterocycles. The Hall–Kier alpha value is -3.15. The van der Waals surface area contributed by atoms with Crippen LogP contribution in [0, 0.1) is 0 Å². The number of carboxylic acids is 1. The fraction of sp³-hybridized carbons (Fsp3) is 0. The number of carboxylic acid groups (broad SMARTS) is 1. The second-order valence-electron chi connectivity index (χ2n) is 4.71. The van der Waals surface area contributed by atoms with Gasteiger partial charge in [-0.1, -0.05) is 24.3 Å². The molecule has 0 amide bonds. The second-order valence-corrected chi connectivity index (χ2v) is 4.71. The molecule has 0 fully saturated rings. The van der Waals surface area contributed by atoms with Crippen LogP contribution < -0.4 is 0 Å². The molecule has 0 saturated carbocycles. The number of hydrogen-bond acceptors (Lipinski definition) is 3. The summed E-state index contributed by atoms with van der Waals surface area (Å²) in [5.41, 5.74) is 3.14. The number of hydrogen-bond donors (Lipinski definition) is 3. The Kier molecular flexibility index (Phi) is 2.32. The lowest BCUT2D eigenvalue weighted by atomic mass is 10.1. The summed E-state index contributed by atoms with van der Waals surface area (Å²) in [7, 11) is 0. The number of fused-ring (bicyclic) bond motifs is 2. The molecule has 0 aliphatic carbocycles. The van der Waals surface area contributed by atoms with Gasteiger partial charge in [-0.3, -0.25) is 5.10 Å². The molecule has 0 aliphatic rings. The average Bonchev–Trinajstić information content (AvgIpc) is 3.10. The number of nitrogens with one attached hydrogen (secondary N) is 2. The van der Waals surface area contributed by atoms with Crippen LogP contribution in [-0.2, 0) is 0 Å². The van der Waals surface area contributed by atoms with Crippen molar-refractivity contribution in [2.45, 2.75) is 0 Å². The molecule has 0 saturated heterocycles. The molecule has 3 N–H and O–H groups in total. The molecular weight excluding hydrogens is 268 g/mol. The molecule has 0 atom stereocenters. The van der Waals surface area contributed by atoms with Crippen LogP contribution in [0.3, 0.4) is 0 Å². The number of carbonyl (C=O) groups is 1. The monoisotopic (exact) mass is 278 g/mol. The minimum atomic E-state index is -1.06. The van der Waals surface area contributed by atoms with Crippen LogP contribution in [0.15, 0.2) is 42.5 Å². The first-order valence-electron chi connectivity index (χ1n) is 6.39. The molecule has 6 nitrogen and oxygen atoms in total. The third kappa shape index (κ3) is 1.69. The number of para-hydroxylation sites is 2. The van der Waals surface area contributed by atoms with Crippen LogP contribution in [0.4, 0.5) is 0 Å². The van der Waals surface area contributed by atoms with Crippen LogP contribution >= 0.6 is 0 Å². The number of nitrogens with zero attached hydrogens (tertiary/aromatic N) is 2. The lowest BCUT2D eigenvalue weighted by Crippen LogP contribution is -1.98. The summed E-state index contributed by atoms with van der Waals surface area (Å²) in [4.78, 5) is 19.1. The van der Waals surface area contributed by atoms with E-state index in [4.69, 9.17) is 0 Å². The van der Waals surface area contributed by atoms with E-state index in [0.29, 0.717) is 16.7 Å². The molecule has 2 aromatic carbocycles. The summed E-state index contributed by atoms with van der Waals surface area (Å²) >= 11 is 0. The number of aromatic amines is 2. The first kappa shape index (κ1) is 11.7. The van der Waals surface area contributed by atoms with Gasteiger partial charge in [-0.25, -0.2) is 9.78 Å². The Morgan fingerprint density at radius 2 is 1.86 bits per heavy atom. The highest BCUT2D eigenvalue weighted by atomic mass is 16.4. The van der Waals surface area contributed by atoms with Crippen LogP contribution in [0.2, 0.25) is 0 Å². The first-order valence-corrected chi connectivity index (χ1v) is 6.39. The highest BCUT2D eigenvalue weighted by Crippen LogP contribution is 2.29. The smallest absolute Gasteiger partial charge is 0.357 e. The molecule has 0 spiro atoms. The average molecular weight is 278 g/mol. The van der Waals surface area contributed by atoms with E-state index in [1.165, 1.54) is 0 Å². The molecular formula is C15H10N4O2. The van der Waals surface area contributed by atoms with Gasteiger partial charge in [0.2, 0.25) is 0 Å². The number of aromatic carboxylic acids is 1. The molecule has 102 valence electrons. The topological polar surface area (TPSA) is 94.7 Å². The van der Waals surface area contributed by atoms with E-state index in [9.17, 15) is 9.90 Å². The Balaban J connectivity index is 2.05. The number of H-pyrrole nitrogens is 2. The molecule has 4 aromatic rings. The number of imidazole rings is 1. The third-order valence-electron chi connectivity index (χ3n) is 3.44. The molecule has 4 rings (SSSR count). The van der Waals surface area contributed by atoms with Gasteiger partial charge in [0, 0.05) is 10.9 Å². The Labute approximate surface area is 118 Å². The predicted octanol–water partition coefficient (Wildman–Crippen LogP) is 2.80. The molecule has 2 heterocycles. The minimum Gasteiger partial charge on any atom is -0.476 e. The quantitative estimate of drug-likeness (QED) is 0.525. The van der Waals surface area contributed by atoms with E-state index in [2.05, 4.69) is 20.2 Å². The maximum absolute atomic E-state index is 11.3. The lowest BCUT2D eigenvalue weighted by molar-refractivity contribution is 0.0692. The zero-order chi connectivity index (χ0) is 14.4. The van der Waals surface area contributed by atoms with Crippen LogP contribution in [0.25, 0.3) is 33.3 Å².